The van der Waals surface area contributed by atoms with Gasteiger partial charge in [0.1, 0.15) is 5.60 Å². The van der Waals surface area contributed by atoms with Crippen LogP contribution in [0.2, 0.25) is 0 Å². The van der Waals surface area contributed by atoms with Crippen molar-refractivity contribution < 1.29 is 19.1 Å². The summed E-state index contributed by atoms with van der Waals surface area (Å²) in [5.41, 5.74) is 0.466. The number of hydrogen-bond donors (Lipinski definition) is 3. The summed E-state index contributed by atoms with van der Waals surface area (Å²) in [6.07, 6.45) is 2.86. The van der Waals surface area contributed by atoms with E-state index in [4.69, 9.17) is 4.74 Å². The molecular formula is C21H31N3O4. The van der Waals surface area contributed by atoms with Gasteiger partial charge < -0.3 is 20.7 Å². The molecule has 1 aromatic carbocycles. The Bertz CT molecular complexity index is 728. The third-order valence-corrected chi connectivity index (χ3v) is 3.17. The van der Waals surface area contributed by atoms with Crippen LogP contribution in [0.15, 0.2) is 36.4 Å². The molecule has 7 heteroatoms. The van der Waals surface area contributed by atoms with E-state index in [1.54, 1.807) is 45.0 Å². The summed E-state index contributed by atoms with van der Waals surface area (Å²) in [4.78, 5) is 35.5. The Hall–Kier alpha value is -2.83. The molecule has 0 aliphatic rings. The lowest BCUT2D eigenvalue weighted by Gasteiger charge is -2.19. The first-order chi connectivity index (χ1) is 12.8. The smallest absolute Gasteiger partial charge is 0.407 e. The van der Waals surface area contributed by atoms with E-state index in [-0.39, 0.29) is 30.2 Å². The van der Waals surface area contributed by atoms with Crippen LogP contribution in [-0.2, 0) is 14.3 Å². The molecule has 0 aromatic heterocycles. The molecule has 0 aliphatic carbocycles. The number of amides is 3. The van der Waals surface area contributed by atoms with Gasteiger partial charge in [-0.1, -0.05) is 32.9 Å². The Labute approximate surface area is 166 Å². The number of rotatable bonds is 6. The van der Waals surface area contributed by atoms with Gasteiger partial charge >= 0.3 is 6.09 Å². The summed E-state index contributed by atoms with van der Waals surface area (Å²) >= 11 is 0. The average molecular weight is 389 g/mol. The zero-order chi connectivity index (χ0) is 21.4. The van der Waals surface area contributed by atoms with Gasteiger partial charge in [0.05, 0.1) is 0 Å². The van der Waals surface area contributed by atoms with E-state index in [2.05, 4.69) is 16.0 Å². The fourth-order valence-corrected chi connectivity index (χ4v) is 2.00. The van der Waals surface area contributed by atoms with E-state index in [1.807, 2.05) is 26.8 Å². The number of alkyl carbamates (subject to hydrolysis) is 1. The molecule has 0 fully saturated rings. The quantitative estimate of drug-likeness (QED) is 0.639. The summed E-state index contributed by atoms with van der Waals surface area (Å²) in [6, 6.07) is 6.86. The Morgan fingerprint density at radius 1 is 1.00 bits per heavy atom. The number of hydrogen-bond acceptors (Lipinski definition) is 4. The first kappa shape index (κ1) is 23.2. The Kier molecular flexibility index (Phi) is 8.22. The molecule has 0 saturated heterocycles. The van der Waals surface area contributed by atoms with Crippen molar-refractivity contribution in [3.63, 3.8) is 0 Å². The Morgan fingerprint density at radius 3 is 2.18 bits per heavy atom. The molecule has 1 rings (SSSR count). The third kappa shape index (κ3) is 11.0. The zero-order valence-corrected chi connectivity index (χ0v) is 17.5. The van der Waals surface area contributed by atoms with E-state index in [1.165, 1.54) is 6.08 Å². The lowest BCUT2D eigenvalue weighted by molar-refractivity contribution is -0.116. The molecule has 0 heterocycles. The second-order valence-corrected chi connectivity index (χ2v) is 8.50. The number of carbonyl (C=O) groups is 3. The highest BCUT2D eigenvalue weighted by Gasteiger charge is 2.16. The molecule has 28 heavy (non-hydrogen) atoms. The molecule has 1 aromatic rings. The van der Waals surface area contributed by atoms with E-state index in [0.29, 0.717) is 11.4 Å². The van der Waals surface area contributed by atoms with E-state index in [0.717, 1.165) is 0 Å². The maximum Gasteiger partial charge on any atom is 0.407 e. The minimum Gasteiger partial charge on any atom is -0.444 e. The molecule has 0 atom stereocenters. The van der Waals surface area contributed by atoms with E-state index in [9.17, 15) is 14.4 Å². The lowest BCUT2D eigenvalue weighted by atomic mass is 9.96. The number of benzene rings is 1. The molecule has 0 bridgehead atoms. The van der Waals surface area contributed by atoms with Gasteiger partial charge in [0.15, 0.2) is 0 Å². The van der Waals surface area contributed by atoms with Gasteiger partial charge in [0, 0.05) is 24.3 Å². The van der Waals surface area contributed by atoms with Crippen molar-refractivity contribution in [1.29, 1.82) is 0 Å². The van der Waals surface area contributed by atoms with Gasteiger partial charge in [-0.15, -0.1) is 0 Å². The molecule has 0 unspecified atom stereocenters. The standard InChI is InChI=1S/C21H31N3O4/c1-20(2,3)12-10-17(25)23-15-8-7-9-16(14-15)24-18(26)11-13-22-19(27)28-21(4,5)6/h7-10,12,14H,11,13H2,1-6H3,(H,22,27)(H,23,25)(H,24,26)/b12-10+. The van der Waals surface area contributed by atoms with Crippen LogP contribution in [0, 0.1) is 5.41 Å². The second kappa shape index (κ2) is 9.92. The molecule has 0 spiro atoms. The zero-order valence-electron chi connectivity index (χ0n) is 17.5. The lowest BCUT2D eigenvalue weighted by Crippen LogP contribution is -2.34. The van der Waals surface area contributed by atoms with Crippen LogP contribution >= 0.6 is 0 Å². The van der Waals surface area contributed by atoms with E-state index < -0.39 is 11.7 Å². The highest BCUT2D eigenvalue weighted by molar-refractivity contribution is 6.00. The predicted molar refractivity (Wildman–Crippen MR) is 111 cm³/mol. The number of carbonyl (C=O) groups excluding carboxylic acids is 3. The van der Waals surface area contributed by atoms with Crippen molar-refractivity contribution in [2.75, 3.05) is 17.2 Å². The van der Waals surface area contributed by atoms with Crippen molar-refractivity contribution in [3.05, 3.63) is 36.4 Å². The SMILES string of the molecule is CC(C)(C)/C=C/C(=O)Nc1cccc(NC(=O)CCNC(=O)OC(C)(C)C)c1. The van der Waals surface area contributed by atoms with E-state index >= 15 is 0 Å². The van der Waals surface area contributed by atoms with Crippen LogP contribution in [0.4, 0.5) is 16.2 Å². The monoisotopic (exact) mass is 389 g/mol. The molecule has 154 valence electrons. The predicted octanol–water partition coefficient (Wildman–Crippen LogP) is 4.08. The maximum absolute atomic E-state index is 12.0. The summed E-state index contributed by atoms with van der Waals surface area (Å²) in [6.45, 7) is 11.5. The summed E-state index contributed by atoms with van der Waals surface area (Å²) in [5, 5.41) is 8.02. The highest BCUT2D eigenvalue weighted by Crippen LogP contribution is 2.17. The van der Waals surface area contributed by atoms with Crippen molar-refractivity contribution in [3.8, 4) is 0 Å². The van der Waals surface area contributed by atoms with Crippen molar-refractivity contribution >= 4 is 29.3 Å². The molecule has 3 N–H and O–H groups in total. The fraction of sp³-hybridized carbons (Fsp3) is 0.476. The van der Waals surface area contributed by atoms with Crippen LogP contribution in [0.3, 0.4) is 0 Å². The highest BCUT2D eigenvalue weighted by atomic mass is 16.6. The molecule has 0 radical (unpaired) electrons. The van der Waals surface area contributed by atoms with Crippen LogP contribution in [0.25, 0.3) is 0 Å². The number of anilines is 2. The molecule has 0 aliphatic heterocycles. The fourth-order valence-electron chi connectivity index (χ4n) is 2.00. The minimum atomic E-state index is -0.584. The third-order valence-electron chi connectivity index (χ3n) is 3.17. The van der Waals surface area contributed by atoms with Crippen LogP contribution in [0.5, 0.6) is 0 Å². The molecule has 0 saturated carbocycles. The molecule has 7 nitrogen and oxygen atoms in total. The average Bonchev–Trinajstić information content (AvgIpc) is 2.51. The van der Waals surface area contributed by atoms with Crippen LogP contribution in [-0.4, -0.2) is 30.1 Å². The van der Waals surface area contributed by atoms with Crippen molar-refractivity contribution in [2.45, 2.75) is 53.6 Å². The minimum absolute atomic E-state index is 0.0828. The largest absolute Gasteiger partial charge is 0.444 e. The Morgan fingerprint density at radius 2 is 1.61 bits per heavy atom. The maximum atomic E-state index is 12.0. The van der Waals surface area contributed by atoms with Gasteiger partial charge in [-0.2, -0.15) is 0 Å². The van der Waals surface area contributed by atoms with Gasteiger partial charge in [-0.25, -0.2) is 4.79 Å². The van der Waals surface area contributed by atoms with Gasteiger partial charge in [0.25, 0.3) is 0 Å². The normalized spacial score (nSPS) is 11.8. The first-order valence-electron chi connectivity index (χ1n) is 9.21. The summed E-state index contributed by atoms with van der Waals surface area (Å²) < 4.78 is 5.10. The second-order valence-electron chi connectivity index (χ2n) is 8.50. The number of allylic oxidation sites excluding steroid dienone is 1. The van der Waals surface area contributed by atoms with Gasteiger partial charge in [-0.05, 0) is 50.5 Å². The number of ether oxygens (including phenoxy) is 1. The van der Waals surface area contributed by atoms with Crippen molar-refractivity contribution in [2.24, 2.45) is 5.41 Å². The first-order valence-corrected chi connectivity index (χ1v) is 9.21. The summed E-state index contributed by atoms with van der Waals surface area (Å²) in [5.74, 6) is -0.493. The topological polar surface area (TPSA) is 96.5 Å². The van der Waals surface area contributed by atoms with Gasteiger partial charge in [-0.3, -0.25) is 9.59 Å². The summed E-state index contributed by atoms with van der Waals surface area (Å²) in [7, 11) is 0. The van der Waals surface area contributed by atoms with Gasteiger partial charge in [0.2, 0.25) is 11.8 Å². The molecular weight excluding hydrogens is 358 g/mol. The van der Waals surface area contributed by atoms with Crippen LogP contribution in [0.1, 0.15) is 48.0 Å². The van der Waals surface area contributed by atoms with Crippen LogP contribution < -0.4 is 16.0 Å². The Balaban J connectivity index is 2.49. The van der Waals surface area contributed by atoms with Crippen molar-refractivity contribution in [1.82, 2.24) is 5.32 Å². The number of nitrogens with one attached hydrogen (secondary N) is 3. The molecule has 3 amide bonds.